The molecule has 0 saturated carbocycles. The molecule has 3 aromatic rings. The highest BCUT2D eigenvalue weighted by Gasteiger charge is 2.15. The van der Waals surface area contributed by atoms with Gasteiger partial charge in [-0.2, -0.15) is 0 Å². The zero-order valence-corrected chi connectivity index (χ0v) is 13.7. The Hall–Kier alpha value is -2.86. The second-order valence-corrected chi connectivity index (χ2v) is 6.10. The summed E-state index contributed by atoms with van der Waals surface area (Å²) in [7, 11) is 0. The smallest absolute Gasteiger partial charge is 0.346 e. The minimum Gasteiger partial charge on any atom is -0.489 e. The molecule has 2 heterocycles. The standard InChI is InChI=1S/C18H15NO4S/c1-12-15(11-24-17(12)18(21)22)19-8-7-14(9-16(19)20)23-10-13-5-3-2-4-6-13/h2-9,11H,10H2,1H3,(H,21,22). The third-order valence-corrected chi connectivity index (χ3v) is 4.66. The zero-order chi connectivity index (χ0) is 17.1. The summed E-state index contributed by atoms with van der Waals surface area (Å²) in [6.07, 6.45) is 1.60. The van der Waals surface area contributed by atoms with Crippen LogP contribution in [0.4, 0.5) is 0 Å². The summed E-state index contributed by atoms with van der Waals surface area (Å²) in [6.45, 7) is 2.08. The number of hydrogen-bond donors (Lipinski definition) is 1. The molecule has 0 spiro atoms. The van der Waals surface area contributed by atoms with Crippen molar-refractivity contribution >= 4 is 17.3 Å². The molecule has 0 bridgehead atoms. The van der Waals surface area contributed by atoms with Crippen molar-refractivity contribution in [3.63, 3.8) is 0 Å². The minimum atomic E-state index is -0.986. The van der Waals surface area contributed by atoms with E-state index in [2.05, 4.69) is 0 Å². The lowest BCUT2D eigenvalue weighted by Gasteiger charge is -2.09. The van der Waals surface area contributed by atoms with Gasteiger partial charge in [0, 0.05) is 17.6 Å². The van der Waals surface area contributed by atoms with Crippen molar-refractivity contribution in [2.45, 2.75) is 13.5 Å². The van der Waals surface area contributed by atoms with Crippen molar-refractivity contribution in [1.29, 1.82) is 0 Å². The van der Waals surface area contributed by atoms with Crippen LogP contribution < -0.4 is 10.3 Å². The summed E-state index contributed by atoms with van der Waals surface area (Å²) in [5.41, 5.74) is 1.91. The fourth-order valence-electron chi connectivity index (χ4n) is 2.35. The summed E-state index contributed by atoms with van der Waals surface area (Å²) < 4.78 is 7.06. The van der Waals surface area contributed by atoms with Gasteiger partial charge in [0.05, 0.1) is 5.69 Å². The zero-order valence-electron chi connectivity index (χ0n) is 12.9. The van der Waals surface area contributed by atoms with Gasteiger partial charge < -0.3 is 9.84 Å². The van der Waals surface area contributed by atoms with Crippen LogP contribution in [0.2, 0.25) is 0 Å². The van der Waals surface area contributed by atoms with Gasteiger partial charge in [0.15, 0.2) is 0 Å². The average Bonchev–Trinajstić information content (AvgIpc) is 2.96. The largest absolute Gasteiger partial charge is 0.489 e. The Kier molecular flexibility index (Phi) is 4.48. The van der Waals surface area contributed by atoms with E-state index >= 15 is 0 Å². The van der Waals surface area contributed by atoms with Gasteiger partial charge in [-0.05, 0) is 24.1 Å². The number of aromatic nitrogens is 1. The van der Waals surface area contributed by atoms with Gasteiger partial charge in [0.2, 0.25) is 0 Å². The first-order chi connectivity index (χ1) is 11.6. The first kappa shape index (κ1) is 16.0. The Bertz CT molecular complexity index is 928. The predicted octanol–water partition coefficient (Wildman–Crippen LogP) is 3.48. The van der Waals surface area contributed by atoms with Crippen molar-refractivity contribution in [2.24, 2.45) is 0 Å². The quantitative estimate of drug-likeness (QED) is 0.771. The molecule has 24 heavy (non-hydrogen) atoms. The molecule has 0 aliphatic heterocycles. The Balaban J connectivity index is 1.83. The number of hydrogen-bond acceptors (Lipinski definition) is 4. The monoisotopic (exact) mass is 341 g/mol. The molecule has 2 aromatic heterocycles. The van der Waals surface area contributed by atoms with E-state index < -0.39 is 5.97 Å². The van der Waals surface area contributed by atoms with Crippen LogP contribution in [0.1, 0.15) is 20.8 Å². The number of rotatable bonds is 5. The Morgan fingerprint density at radius 2 is 2.00 bits per heavy atom. The molecule has 0 saturated heterocycles. The summed E-state index contributed by atoms with van der Waals surface area (Å²) in [5.74, 6) is -0.508. The van der Waals surface area contributed by atoms with E-state index in [1.807, 2.05) is 30.3 Å². The van der Waals surface area contributed by atoms with Gasteiger partial charge in [-0.25, -0.2) is 4.79 Å². The lowest BCUT2D eigenvalue weighted by Crippen LogP contribution is -2.17. The molecule has 5 nitrogen and oxygen atoms in total. The molecule has 1 N–H and O–H groups in total. The molecule has 0 unspecified atom stereocenters. The summed E-state index contributed by atoms with van der Waals surface area (Å²) in [5, 5.41) is 10.8. The molecule has 3 rings (SSSR count). The second-order valence-electron chi connectivity index (χ2n) is 5.23. The fraction of sp³-hybridized carbons (Fsp3) is 0.111. The molecule has 1 aromatic carbocycles. The maximum Gasteiger partial charge on any atom is 0.346 e. The second kappa shape index (κ2) is 6.72. The highest BCUT2D eigenvalue weighted by Crippen LogP contribution is 2.24. The first-order valence-electron chi connectivity index (χ1n) is 7.27. The van der Waals surface area contributed by atoms with Crippen molar-refractivity contribution in [2.75, 3.05) is 0 Å². The maximum absolute atomic E-state index is 12.3. The van der Waals surface area contributed by atoms with E-state index in [0.29, 0.717) is 23.6 Å². The molecule has 122 valence electrons. The number of thiophene rings is 1. The third-order valence-electron chi connectivity index (χ3n) is 3.61. The maximum atomic E-state index is 12.3. The number of pyridine rings is 1. The third kappa shape index (κ3) is 3.23. The molecule has 0 radical (unpaired) electrons. The SMILES string of the molecule is Cc1c(-n2ccc(OCc3ccccc3)cc2=O)csc1C(=O)O. The van der Waals surface area contributed by atoms with Crippen molar-refractivity contribution in [1.82, 2.24) is 4.57 Å². The number of nitrogens with zero attached hydrogens (tertiary/aromatic N) is 1. The number of carboxylic acids is 1. The van der Waals surface area contributed by atoms with E-state index in [1.54, 1.807) is 24.6 Å². The number of benzene rings is 1. The lowest BCUT2D eigenvalue weighted by atomic mass is 10.2. The lowest BCUT2D eigenvalue weighted by molar-refractivity contribution is 0.0701. The van der Waals surface area contributed by atoms with Crippen molar-refractivity contribution in [3.05, 3.63) is 80.4 Å². The molecule has 0 amide bonds. The van der Waals surface area contributed by atoms with Gasteiger partial charge in [0.25, 0.3) is 5.56 Å². The van der Waals surface area contributed by atoms with Crippen LogP contribution in [0, 0.1) is 6.92 Å². The van der Waals surface area contributed by atoms with Crippen molar-refractivity contribution in [3.8, 4) is 11.4 Å². The summed E-state index contributed by atoms with van der Waals surface area (Å²) in [4.78, 5) is 23.7. The van der Waals surface area contributed by atoms with Crippen LogP contribution in [0.5, 0.6) is 5.75 Å². The van der Waals surface area contributed by atoms with Gasteiger partial charge >= 0.3 is 5.97 Å². The van der Waals surface area contributed by atoms with Crippen LogP contribution in [-0.4, -0.2) is 15.6 Å². The fourth-order valence-corrected chi connectivity index (χ4v) is 3.25. The molecular formula is C18H15NO4S. The highest BCUT2D eigenvalue weighted by molar-refractivity contribution is 7.12. The molecule has 0 atom stereocenters. The van der Waals surface area contributed by atoms with Gasteiger partial charge in [0.1, 0.15) is 17.2 Å². The number of aromatic carboxylic acids is 1. The Morgan fingerprint density at radius 1 is 1.25 bits per heavy atom. The number of carbonyl (C=O) groups is 1. The van der Waals surface area contributed by atoms with E-state index in [9.17, 15) is 9.59 Å². The van der Waals surface area contributed by atoms with Crippen molar-refractivity contribution < 1.29 is 14.6 Å². The predicted molar refractivity (Wildman–Crippen MR) is 92.4 cm³/mol. The molecule has 6 heteroatoms. The molecule has 0 aliphatic carbocycles. The average molecular weight is 341 g/mol. The minimum absolute atomic E-state index is 0.237. The Labute approximate surface area is 142 Å². The van der Waals surface area contributed by atoms with E-state index in [-0.39, 0.29) is 10.4 Å². The number of carboxylic acid groups (broad SMARTS) is 1. The van der Waals surface area contributed by atoms with E-state index in [4.69, 9.17) is 9.84 Å². The number of ether oxygens (including phenoxy) is 1. The van der Waals surface area contributed by atoms with Crippen LogP contribution in [0.3, 0.4) is 0 Å². The van der Waals surface area contributed by atoms with Crippen LogP contribution in [-0.2, 0) is 6.61 Å². The van der Waals surface area contributed by atoms with E-state index in [1.165, 1.54) is 10.6 Å². The van der Waals surface area contributed by atoms with Gasteiger partial charge in [-0.3, -0.25) is 9.36 Å². The van der Waals surface area contributed by atoms with Gasteiger partial charge in [-0.15, -0.1) is 11.3 Å². The van der Waals surface area contributed by atoms with E-state index in [0.717, 1.165) is 16.9 Å². The molecular weight excluding hydrogens is 326 g/mol. The highest BCUT2D eigenvalue weighted by atomic mass is 32.1. The molecule has 0 fully saturated rings. The summed E-state index contributed by atoms with van der Waals surface area (Å²) >= 11 is 1.11. The van der Waals surface area contributed by atoms with Crippen LogP contribution in [0.25, 0.3) is 5.69 Å². The summed E-state index contributed by atoms with van der Waals surface area (Å²) in [6, 6.07) is 12.8. The van der Waals surface area contributed by atoms with Crippen LogP contribution >= 0.6 is 11.3 Å². The van der Waals surface area contributed by atoms with Crippen LogP contribution in [0.15, 0.2) is 58.8 Å². The molecule has 0 aliphatic rings. The topological polar surface area (TPSA) is 68.5 Å². The normalized spacial score (nSPS) is 10.5. The van der Waals surface area contributed by atoms with Gasteiger partial charge in [-0.1, -0.05) is 30.3 Å². The first-order valence-corrected chi connectivity index (χ1v) is 8.15. The Morgan fingerprint density at radius 3 is 2.62 bits per heavy atom.